The second-order valence-corrected chi connectivity index (χ2v) is 4.99. The lowest BCUT2D eigenvalue weighted by Gasteiger charge is -2.34. The number of rotatable bonds is 6. The third-order valence-corrected chi connectivity index (χ3v) is 2.74. The molecule has 0 N–H and O–H groups in total. The van der Waals surface area contributed by atoms with E-state index in [1.165, 1.54) is 5.56 Å². The van der Waals surface area contributed by atoms with Gasteiger partial charge in [0.1, 0.15) is 0 Å². The Hall–Kier alpha value is -0.860. The highest BCUT2D eigenvalue weighted by Crippen LogP contribution is 2.28. The molecule has 1 aromatic carbocycles. The number of nitrogens with zero attached hydrogens (tertiary/aromatic N) is 1. The molecule has 1 rings (SSSR count). The minimum Gasteiger partial charge on any atom is -0.296 e. The fourth-order valence-corrected chi connectivity index (χ4v) is 2.14. The summed E-state index contributed by atoms with van der Waals surface area (Å²) in [5, 5.41) is 2.10. The SMILES string of the molecule is CCN(OC(C)C)C(c1ccccc1)C(C)C. The van der Waals surface area contributed by atoms with Crippen molar-refractivity contribution in [2.24, 2.45) is 5.92 Å². The lowest BCUT2D eigenvalue weighted by molar-refractivity contribution is -0.219. The fraction of sp³-hybridized carbons (Fsp3) is 0.600. The Balaban J connectivity index is 2.91. The Kier molecular flexibility index (Phi) is 5.66. The summed E-state index contributed by atoms with van der Waals surface area (Å²) < 4.78 is 0. The topological polar surface area (TPSA) is 12.5 Å². The highest BCUT2D eigenvalue weighted by molar-refractivity contribution is 5.19. The van der Waals surface area contributed by atoms with Crippen molar-refractivity contribution >= 4 is 0 Å². The molecule has 0 aliphatic carbocycles. The molecule has 0 radical (unpaired) electrons. The molecule has 0 bridgehead atoms. The molecule has 1 aromatic rings. The van der Waals surface area contributed by atoms with Gasteiger partial charge in [-0.15, -0.1) is 0 Å². The minimum atomic E-state index is 0.222. The first-order valence-corrected chi connectivity index (χ1v) is 6.54. The summed E-state index contributed by atoms with van der Waals surface area (Å²) in [4.78, 5) is 5.91. The smallest absolute Gasteiger partial charge is 0.0737 e. The second-order valence-electron chi connectivity index (χ2n) is 4.99. The van der Waals surface area contributed by atoms with Gasteiger partial charge >= 0.3 is 0 Å². The predicted molar refractivity (Wildman–Crippen MR) is 72.6 cm³/mol. The van der Waals surface area contributed by atoms with Crippen LogP contribution in [0.5, 0.6) is 0 Å². The van der Waals surface area contributed by atoms with Crippen LogP contribution in [0, 0.1) is 5.92 Å². The van der Waals surface area contributed by atoms with E-state index < -0.39 is 0 Å². The summed E-state index contributed by atoms with van der Waals surface area (Å²) in [7, 11) is 0. The molecule has 0 aliphatic rings. The average Bonchev–Trinajstić information content (AvgIpc) is 2.28. The molecule has 0 heterocycles. The van der Waals surface area contributed by atoms with E-state index in [1.54, 1.807) is 0 Å². The van der Waals surface area contributed by atoms with Crippen LogP contribution < -0.4 is 0 Å². The highest BCUT2D eigenvalue weighted by atomic mass is 16.7. The van der Waals surface area contributed by atoms with E-state index in [2.05, 4.69) is 70.0 Å². The Morgan fingerprint density at radius 2 is 1.65 bits per heavy atom. The lowest BCUT2D eigenvalue weighted by Crippen LogP contribution is -2.34. The summed E-state index contributed by atoms with van der Waals surface area (Å²) in [6.07, 6.45) is 0.222. The second kappa shape index (κ2) is 6.77. The molecule has 1 unspecified atom stereocenters. The predicted octanol–water partition coefficient (Wildman–Crippen LogP) is 4.05. The van der Waals surface area contributed by atoms with Crippen LogP contribution in [0.4, 0.5) is 0 Å². The maximum Gasteiger partial charge on any atom is 0.0737 e. The van der Waals surface area contributed by atoms with Gasteiger partial charge in [0.25, 0.3) is 0 Å². The van der Waals surface area contributed by atoms with Gasteiger partial charge in [0.2, 0.25) is 0 Å². The molecule has 0 spiro atoms. The number of benzene rings is 1. The van der Waals surface area contributed by atoms with Crippen molar-refractivity contribution in [3.63, 3.8) is 0 Å². The van der Waals surface area contributed by atoms with Crippen molar-refractivity contribution in [3.05, 3.63) is 35.9 Å². The van der Waals surface area contributed by atoms with Crippen LogP contribution >= 0.6 is 0 Å². The van der Waals surface area contributed by atoms with Gasteiger partial charge in [0.05, 0.1) is 12.1 Å². The zero-order chi connectivity index (χ0) is 12.8. The van der Waals surface area contributed by atoms with Crippen molar-refractivity contribution in [2.75, 3.05) is 6.54 Å². The molecule has 96 valence electrons. The maximum atomic E-state index is 5.91. The third-order valence-electron chi connectivity index (χ3n) is 2.74. The molecule has 17 heavy (non-hydrogen) atoms. The Morgan fingerprint density at radius 1 is 1.06 bits per heavy atom. The first kappa shape index (κ1) is 14.2. The summed E-state index contributed by atoms with van der Waals surface area (Å²) >= 11 is 0. The molecule has 0 saturated heterocycles. The van der Waals surface area contributed by atoms with Crippen molar-refractivity contribution in [2.45, 2.75) is 46.8 Å². The van der Waals surface area contributed by atoms with Gasteiger partial charge in [0, 0.05) is 6.54 Å². The van der Waals surface area contributed by atoms with E-state index in [4.69, 9.17) is 4.84 Å². The van der Waals surface area contributed by atoms with Gasteiger partial charge in [-0.25, -0.2) is 0 Å². The largest absolute Gasteiger partial charge is 0.296 e. The fourth-order valence-electron chi connectivity index (χ4n) is 2.14. The van der Waals surface area contributed by atoms with Gasteiger partial charge in [0.15, 0.2) is 0 Å². The normalized spacial score (nSPS) is 13.6. The zero-order valence-corrected chi connectivity index (χ0v) is 11.7. The molecule has 1 atom stereocenters. The standard InChI is InChI=1S/C15H25NO/c1-6-16(17-13(4)5)15(12(2)3)14-10-8-7-9-11-14/h7-13,15H,6H2,1-5H3. The quantitative estimate of drug-likeness (QED) is 0.690. The average molecular weight is 235 g/mol. The summed E-state index contributed by atoms with van der Waals surface area (Å²) in [5.41, 5.74) is 1.32. The van der Waals surface area contributed by atoms with E-state index in [0.29, 0.717) is 12.0 Å². The summed E-state index contributed by atoms with van der Waals surface area (Å²) in [6, 6.07) is 10.9. The Labute approximate surface area is 106 Å². The highest BCUT2D eigenvalue weighted by Gasteiger charge is 2.23. The maximum absolute atomic E-state index is 5.91. The third kappa shape index (κ3) is 4.14. The van der Waals surface area contributed by atoms with Crippen molar-refractivity contribution in [3.8, 4) is 0 Å². The number of hydroxylamine groups is 2. The minimum absolute atomic E-state index is 0.222. The first-order valence-electron chi connectivity index (χ1n) is 6.54. The van der Waals surface area contributed by atoms with Crippen molar-refractivity contribution < 1.29 is 4.84 Å². The lowest BCUT2D eigenvalue weighted by atomic mass is 9.96. The zero-order valence-electron chi connectivity index (χ0n) is 11.7. The van der Waals surface area contributed by atoms with Crippen LogP contribution in [0.3, 0.4) is 0 Å². The molecule has 0 aromatic heterocycles. The molecule has 0 saturated carbocycles. The summed E-state index contributed by atoms with van der Waals surface area (Å²) in [6.45, 7) is 11.7. The van der Waals surface area contributed by atoms with Crippen LogP contribution in [-0.4, -0.2) is 17.7 Å². The van der Waals surface area contributed by atoms with Crippen LogP contribution in [0.2, 0.25) is 0 Å². The number of hydrogen-bond acceptors (Lipinski definition) is 2. The van der Waals surface area contributed by atoms with Gasteiger partial charge < -0.3 is 0 Å². The molecular weight excluding hydrogens is 210 g/mol. The van der Waals surface area contributed by atoms with E-state index in [0.717, 1.165) is 6.54 Å². The first-order chi connectivity index (χ1) is 8.06. The van der Waals surface area contributed by atoms with Crippen LogP contribution in [-0.2, 0) is 4.84 Å². The van der Waals surface area contributed by atoms with Crippen LogP contribution in [0.25, 0.3) is 0 Å². The van der Waals surface area contributed by atoms with Gasteiger partial charge in [-0.2, -0.15) is 5.06 Å². The van der Waals surface area contributed by atoms with E-state index in [1.807, 2.05) is 0 Å². The van der Waals surface area contributed by atoms with Gasteiger partial charge in [-0.05, 0) is 25.3 Å². The monoisotopic (exact) mass is 235 g/mol. The van der Waals surface area contributed by atoms with Gasteiger partial charge in [-0.1, -0.05) is 51.1 Å². The van der Waals surface area contributed by atoms with Crippen molar-refractivity contribution in [1.82, 2.24) is 5.06 Å². The van der Waals surface area contributed by atoms with E-state index in [-0.39, 0.29) is 6.10 Å². The molecule has 2 nitrogen and oxygen atoms in total. The number of hydrogen-bond donors (Lipinski definition) is 0. The summed E-state index contributed by atoms with van der Waals surface area (Å²) in [5.74, 6) is 0.524. The molecule has 0 aliphatic heterocycles. The van der Waals surface area contributed by atoms with Crippen molar-refractivity contribution in [1.29, 1.82) is 0 Å². The molecular formula is C15H25NO. The van der Waals surface area contributed by atoms with E-state index >= 15 is 0 Å². The van der Waals surface area contributed by atoms with E-state index in [9.17, 15) is 0 Å². The van der Waals surface area contributed by atoms with Crippen LogP contribution in [0.1, 0.15) is 46.2 Å². The molecule has 2 heteroatoms. The Morgan fingerprint density at radius 3 is 2.06 bits per heavy atom. The molecule has 0 fully saturated rings. The van der Waals surface area contributed by atoms with Gasteiger partial charge in [-0.3, -0.25) is 4.84 Å². The Bertz CT molecular complexity index is 308. The van der Waals surface area contributed by atoms with Crippen LogP contribution in [0.15, 0.2) is 30.3 Å². The molecule has 0 amide bonds.